The molecule has 16 heavy (non-hydrogen) atoms. The summed E-state index contributed by atoms with van der Waals surface area (Å²) < 4.78 is 4.50. The molecule has 1 fully saturated rings. The predicted octanol–water partition coefficient (Wildman–Crippen LogP) is 3.80. The smallest absolute Gasteiger partial charge is 0.202 e. The molecule has 1 aliphatic carbocycles. The summed E-state index contributed by atoms with van der Waals surface area (Å²) >= 11 is 1.52. The maximum atomic E-state index is 4.61. The molecule has 1 aromatic rings. The summed E-state index contributed by atoms with van der Waals surface area (Å²) in [6.07, 6.45) is 9.18. The highest BCUT2D eigenvalue weighted by Crippen LogP contribution is 2.31. The SMILES string of the molecule is CCCNc1nc(C2CCCCCC2)ns1. The van der Waals surface area contributed by atoms with Crippen molar-refractivity contribution in [2.24, 2.45) is 0 Å². The van der Waals surface area contributed by atoms with E-state index in [1.54, 1.807) is 0 Å². The van der Waals surface area contributed by atoms with Crippen LogP contribution in [0.15, 0.2) is 0 Å². The number of nitrogens with one attached hydrogen (secondary N) is 1. The Kier molecular flexibility index (Phi) is 4.57. The van der Waals surface area contributed by atoms with Gasteiger partial charge in [-0.05, 0) is 19.3 Å². The first-order chi connectivity index (χ1) is 7.90. The van der Waals surface area contributed by atoms with E-state index in [-0.39, 0.29) is 0 Å². The van der Waals surface area contributed by atoms with Crippen LogP contribution in [0.2, 0.25) is 0 Å². The van der Waals surface area contributed by atoms with E-state index >= 15 is 0 Å². The fraction of sp³-hybridized carbons (Fsp3) is 0.833. The maximum absolute atomic E-state index is 4.61. The monoisotopic (exact) mass is 239 g/mol. The van der Waals surface area contributed by atoms with Gasteiger partial charge in [-0.3, -0.25) is 0 Å². The topological polar surface area (TPSA) is 37.8 Å². The summed E-state index contributed by atoms with van der Waals surface area (Å²) in [7, 11) is 0. The molecule has 1 aliphatic rings. The van der Waals surface area contributed by atoms with Crippen LogP contribution in [-0.4, -0.2) is 15.9 Å². The molecule has 2 rings (SSSR count). The first-order valence-electron chi connectivity index (χ1n) is 6.47. The highest BCUT2D eigenvalue weighted by Gasteiger charge is 2.18. The fourth-order valence-corrected chi connectivity index (χ4v) is 2.91. The molecule has 1 heterocycles. The largest absolute Gasteiger partial charge is 0.360 e. The second-order valence-electron chi connectivity index (χ2n) is 4.57. The third-order valence-electron chi connectivity index (χ3n) is 3.19. The molecule has 0 unspecified atom stereocenters. The van der Waals surface area contributed by atoms with Crippen molar-refractivity contribution in [2.75, 3.05) is 11.9 Å². The molecular weight excluding hydrogens is 218 g/mol. The molecule has 1 saturated carbocycles. The Balaban J connectivity index is 1.94. The van der Waals surface area contributed by atoms with E-state index in [9.17, 15) is 0 Å². The summed E-state index contributed by atoms with van der Waals surface area (Å²) in [5, 5.41) is 4.32. The number of hydrogen-bond acceptors (Lipinski definition) is 4. The number of hydrogen-bond donors (Lipinski definition) is 1. The Bertz CT molecular complexity index is 303. The molecule has 0 radical (unpaired) electrons. The van der Waals surface area contributed by atoms with Crippen LogP contribution < -0.4 is 5.32 Å². The zero-order chi connectivity index (χ0) is 11.2. The minimum absolute atomic E-state index is 0.621. The lowest BCUT2D eigenvalue weighted by molar-refractivity contribution is 0.568. The van der Waals surface area contributed by atoms with E-state index in [0.29, 0.717) is 5.92 Å². The maximum Gasteiger partial charge on any atom is 0.202 e. The van der Waals surface area contributed by atoms with Crippen molar-refractivity contribution in [3.63, 3.8) is 0 Å². The van der Waals surface area contributed by atoms with E-state index in [2.05, 4.69) is 21.6 Å². The molecule has 0 aromatic carbocycles. The molecule has 3 nitrogen and oxygen atoms in total. The van der Waals surface area contributed by atoms with Crippen LogP contribution in [0.1, 0.15) is 63.6 Å². The third-order valence-corrected chi connectivity index (χ3v) is 3.88. The van der Waals surface area contributed by atoms with Gasteiger partial charge in [-0.1, -0.05) is 32.6 Å². The Morgan fingerprint density at radius 3 is 2.69 bits per heavy atom. The molecule has 0 amide bonds. The van der Waals surface area contributed by atoms with Crippen molar-refractivity contribution >= 4 is 16.7 Å². The van der Waals surface area contributed by atoms with Crippen LogP contribution in [0, 0.1) is 0 Å². The zero-order valence-corrected chi connectivity index (χ0v) is 10.9. The molecule has 0 aliphatic heterocycles. The van der Waals surface area contributed by atoms with Gasteiger partial charge < -0.3 is 5.32 Å². The molecule has 90 valence electrons. The Morgan fingerprint density at radius 2 is 2.00 bits per heavy atom. The Morgan fingerprint density at radius 1 is 1.25 bits per heavy atom. The van der Waals surface area contributed by atoms with Crippen molar-refractivity contribution in [1.82, 2.24) is 9.36 Å². The normalized spacial score (nSPS) is 18.3. The predicted molar refractivity (Wildman–Crippen MR) is 69.1 cm³/mol. The van der Waals surface area contributed by atoms with E-state index in [4.69, 9.17) is 0 Å². The van der Waals surface area contributed by atoms with Gasteiger partial charge in [-0.25, -0.2) is 4.98 Å². The van der Waals surface area contributed by atoms with E-state index < -0.39 is 0 Å². The number of anilines is 1. The highest BCUT2D eigenvalue weighted by molar-refractivity contribution is 7.09. The molecule has 1 N–H and O–H groups in total. The minimum Gasteiger partial charge on any atom is -0.360 e. The average molecular weight is 239 g/mol. The summed E-state index contributed by atoms with van der Waals surface area (Å²) in [6.45, 7) is 3.17. The highest BCUT2D eigenvalue weighted by atomic mass is 32.1. The lowest BCUT2D eigenvalue weighted by Gasteiger charge is -2.08. The molecule has 0 saturated heterocycles. The number of aromatic nitrogens is 2. The second-order valence-corrected chi connectivity index (χ2v) is 5.32. The van der Waals surface area contributed by atoms with Gasteiger partial charge in [0.15, 0.2) is 0 Å². The molecule has 4 heteroatoms. The van der Waals surface area contributed by atoms with Gasteiger partial charge in [0.05, 0.1) is 0 Å². The van der Waals surface area contributed by atoms with Crippen LogP contribution in [0.3, 0.4) is 0 Å². The summed E-state index contributed by atoms with van der Waals surface area (Å²) in [5.41, 5.74) is 0. The number of nitrogens with zero attached hydrogens (tertiary/aromatic N) is 2. The van der Waals surface area contributed by atoms with E-state index in [0.717, 1.165) is 23.9 Å². The lowest BCUT2D eigenvalue weighted by Crippen LogP contribution is -2.02. The molecule has 0 spiro atoms. The third kappa shape index (κ3) is 3.17. The van der Waals surface area contributed by atoms with Crippen molar-refractivity contribution in [1.29, 1.82) is 0 Å². The summed E-state index contributed by atoms with van der Waals surface area (Å²) in [4.78, 5) is 4.61. The number of rotatable bonds is 4. The Labute approximate surface area is 102 Å². The van der Waals surface area contributed by atoms with Crippen LogP contribution in [0.4, 0.5) is 5.13 Å². The van der Waals surface area contributed by atoms with Crippen LogP contribution in [0.5, 0.6) is 0 Å². The van der Waals surface area contributed by atoms with Crippen molar-refractivity contribution in [3.05, 3.63) is 5.82 Å². The van der Waals surface area contributed by atoms with Crippen LogP contribution in [-0.2, 0) is 0 Å². The van der Waals surface area contributed by atoms with Crippen LogP contribution >= 0.6 is 11.5 Å². The average Bonchev–Trinajstić information content (AvgIpc) is 2.60. The van der Waals surface area contributed by atoms with Gasteiger partial charge in [0, 0.05) is 24.0 Å². The van der Waals surface area contributed by atoms with Gasteiger partial charge in [-0.15, -0.1) is 0 Å². The van der Waals surface area contributed by atoms with Crippen molar-refractivity contribution in [2.45, 2.75) is 57.8 Å². The molecular formula is C12H21N3S. The second kappa shape index (κ2) is 6.18. The van der Waals surface area contributed by atoms with Gasteiger partial charge in [-0.2, -0.15) is 4.37 Å². The van der Waals surface area contributed by atoms with Gasteiger partial charge in [0.2, 0.25) is 5.13 Å². The minimum atomic E-state index is 0.621. The van der Waals surface area contributed by atoms with E-state index in [1.165, 1.54) is 50.1 Å². The van der Waals surface area contributed by atoms with Gasteiger partial charge in [0.1, 0.15) is 5.82 Å². The van der Waals surface area contributed by atoms with Crippen molar-refractivity contribution in [3.8, 4) is 0 Å². The standard InChI is InChI=1S/C12H21N3S/c1-2-9-13-12-14-11(15-16-12)10-7-5-3-4-6-8-10/h10H,2-9H2,1H3,(H,13,14,15). The van der Waals surface area contributed by atoms with Gasteiger partial charge >= 0.3 is 0 Å². The van der Waals surface area contributed by atoms with Gasteiger partial charge in [0.25, 0.3) is 0 Å². The molecule has 0 atom stereocenters. The molecule has 0 bridgehead atoms. The quantitative estimate of drug-likeness (QED) is 0.812. The summed E-state index contributed by atoms with van der Waals surface area (Å²) in [6, 6.07) is 0. The first-order valence-corrected chi connectivity index (χ1v) is 7.25. The van der Waals surface area contributed by atoms with E-state index in [1.807, 2.05) is 0 Å². The molecule has 1 aromatic heterocycles. The summed E-state index contributed by atoms with van der Waals surface area (Å²) in [5.74, 6) is 1.71. The van der Waals surface area contributed by atoms with Crippen LogP contribution in [0.25, 0.3) is 0 Å². The van der Waals surface area contributed by atoms with Crippen molar-refractivity contribution < 1.29 is 0 Å². The fourth-order valence-electron chi connectivity index (χ4n) is 2.24. The first kappa shape index (κ1) is 11.8. The Hall–Kier alpha value is -0.640. The zero-order valence-electron chi connectivity index (χ0n) is 10.0. The lowest BCUT2D eigenvalue weighted by atomic mass is 10.00.